The molecular weight excluding hydrogens is 430 g/mol. The molecule has 10 nitrogen and oxygen atoms in total. The Bertz CT molecular complexity index is 1060. The van der Waals surface area contributed by atoms with Gasteiger partial charge in [0.25, 0.3) is 17.5 Å². The Morgan fingerprint density at radius 2 is 1.79 bits per heavy atom. The number of amides is 2. The van der Waals surface area contributed by atoms with Crippen molar-refractivity contribution >= 4 is 29.5 Å². The molecule has 2 aromatic rings. The first-order valence-corrected chi connectivity index (χ1v) is 10.0. The summed E-state index contributed by atoms with van der Waals surface area (Å²) in [5.41, 5.74) is -0.0193. The number of hydrogen-bond donors (Lipinski definition) is 2. The van der Waals surface area contributed by atoms with E-state index in [4.69, 9.17) is 4.74 Å². The van der Waals surface area contributed by atoms with Gasteiger partial charge in [0.1, 0.15) is 11.4 Å². The van der Waals surface area contributed by atoms with E-state index in [0.29, 0.717) is 5.75 Å². The lowest BCUT2D eigenvalue weighted by atomic mass is 10.0. The van der Waals surface area contributed by atoms with Gasteiger partial charge in [-0.3, -0.25) is 19.7 Å². The topological polar surface area (TPSA) is 151 Å². The van der Waals surface area contributed by atoms with Crippen molar-refractivity contribution in [3.63, 3.8) is 0 Å². The van der Waals surface area contributed by atoms with Crippen LogP contribution in [0.2, 0.25) is 0 Å². The molecule has 0 aliphatic heterocycles. The molecule has 0 aliphatic rings. The largest absolute Gasteiger partial charge is 0.548 e. The highest BCUT2D eigenvalue weighted by molar-refractivity contribution is 6.06. The van der Waals surface area contributed by atoms with Gasteiger partial charge in [-0.15, -0.1) is 0 Å². The van der Waals surface area contributed by atoms with Crippen LogP contribution in [-0.4, -0.2) is 35.9 Å². The van der Waals surface area contributed by atoms with E-state index < -0.39 is 28.7 Å². The summed E-state index contributed by atoms with van der Waals surface area (Å²) in [6.07, 6.45) is 1.34. The Morgan fingerprint density at radius 1 is 1.12 bits per heavy atom. The molecule has 0 bridgehead atoms. The van der Waals surface area contributed by atoms with Crippen LogP contribution >= 0.6 is 0 Å². The Hall–Kier alpha value is -4.21. The third kappa shape index (κ3) is 7.46. The molecule has 0 fully saturated rings. The average Bonchev–Trinajstić information content (AvgIpc) is 2.77. The van der Waals surface area contributed by atoms with Crippen molar-refractivity contribution < 1.29 is 29.2 Å². The highest BCUT2D eigenvalue weighted by Gasteiger charge is 2.20. The standard InChI is InChI=1S/C23H25N3O7/c1-14(2)11-20(23(29)30)25-22(28)19(13-15-5-4-6-17(12-15)26(31)32)24-21(27)16-7-9-18(33-3)10-8-16/h4-10,12-14,20H,11H2,1-3H3,(H,24,27)(H,25,28)(H,29,30)/p-1/b19-13-/t20-/m0/s1. The summed E-state index contributed by atoms with van der Waals surface area (Å²) in [5.74, 6) is -2.50. The number of carbonyl (C=O) groups is 3. The number of carboxylic acids is 1. The fraction of sp³-hybridized carbons (Fsp3) is 0.261. The minimum absolute atomic E-state index is 0.0497. The molecule has 0 aromatic heterocycles. The first kappa shape index (κ1) is 25.1. The summed E-state index contributed by atoms with van der Waals surface area (Å²) in [6, 6.07) is 10.2. The lowest BCUT2D eigenvalue weighted by molar-refractivity contribution is -0.384. The van der Waals surface area contributed by atoms with Crippen molar-refractivity contribution in [1.82, 2.24) is 10.6 Å². The van der Waals surface area contributed by atoms with Crippen LogP contribution in [0, 0.1) is 16.0 Å². The van der Waals surface area contributed by atoms with E-state index in [-0.39, 0.29) is 34.9 Å². The summed E-state index contributed by atoms with van der Waals surface area (Å²) in [6.45, 7) is 3.57. The van der Waals surface area contributed by atoms with Crippen molar-refractivity contribution in [1.29, 1.82) is 0 Å². The van der Waals surface area contributed by atoms with E-state index in [0.717, 1.165) is 0 Å². The summed E-state index contributed by atoms with van der Waals surface area (Å²) >= 11 is 0. The molecule has 2 N–H and O–H groups in total. The van der Waals surface area contributed by atoms with Crippen LogP contribution in [0.15, 0.2) is 54.2 Å². The van der Waals surface area contributed by atoms with Crippen LogP contribution in [0.1, 0.15) is 36.2 Å². The number of nitro benzene ring substituents is 1. The van der Waals surface area contributed by atoms with E-state index in [1.807, 2.05) is 0 Å². The summed E-state index contributed by atoms with van der Waals surface area (Å²) in [5, 5.41) is 27.3. The average molecular weight is 454 g/mol. The van der Waals surface area contributed by atoms with Gasteiger partial charge in [-0.05, 0) is 48.2 Å². The van der Waals surface area contributed by atoms with Crippen LogP contribution in [0.3, 0.4) is 0 Å². The number of benzene rings is 2. The second-order valence-corrected chi connectivity index (χ2v) is 7.57. The van der Waals surface area contributed by atoms with Crippen molar-refractivity contribution in [3.05, 3.63) is 75.5 Å². The molecular formula is C23H24N3O7-. The quantitative estimate of drug-likeness (QED) is 0.315. The van der Waals surface area contributed by atoms with Gasteiger partial charge in [0, 0.05) is 17.7 Å². The minimum atomic E-state index is -1.46. The molecule has 0 spiro atoms. The highest BCUT2D eigenvalue weighted by Crippen LogP contribution is 2.17. The summed E-state index contributed by atoms with van der Waals surface area (Å²) in [7, 11) is 1.48. The number of rotatable bonds is 10. The molecule has 0 heterocycles. The fourth-order valence-corrected chi connectivity index (χ4v) is 2.91. The number of carbonyl (C=O) groups excluding carboxylic acids is 3. The zero-order chi connectivity index (χ0) is 24.5. The predicted molar refractivity (Wildman–Crippen MR) is 118 cm³/mol. The Labute approximate surface area is 190 Å². The zero-order valence-electron chi connectivity index (χ0n) is 18.4. The Kier molecular flexibility index (Phi) is 8.67. The number of methoxy groups -OCH3 is 1. The number of hydrogen-bond acceptors (Lipinski definition) is 7. The zero-order valence-corrected chi connectivity index (χ0v) is 18.4. The number of non-ortho nitro benzene ring substituents is 1. The van der Waals surface area contributed by atoms with Gasteiger partial charge in [-0.25, -0.2) is 0 Å². The highest BCUT2D eigenvalue weighted by atomic mass is 16.6. The van der Waals surface area contributed by atoms with Crippen molar-refractivity contribution in [2.45, 2.75) is 26.3 Å². The number of carboxylic acid groups (broad SMARTS) is 1. The molecule has 1 atom stereocenters. The van der Waals surface area contributed by atoms with E-state index in [2.05, 4.69) is 10.6 Å². The summed E-state index contributed by atoms with van der Waals surface area (Å²) < 4.78 is 5.05. The van der Waals surface area contributed by atoms with Crippen LogP contribution in [0.25, 0.3) is 6.08 Å². The molecule has 2 rings (SSSR count). The van der Waals surface area contributed by atoms with E-state index in [1.165, 1.54) is 49.6 Å². The first-order valence-electron chi connectivity index (χ1n) is 10.0. The molecule has 0 saturated carbocycles. The van der Waals surface area contributed by atoms with Gasteiger partial charge >= 0.3 is 0 Å². The van der Waals surface area contributed by atoms with Crippen LogP contribution in [0.4, 0.5) is 5.69 Å². The second-order valence-electron chi connectivity index (χ2n) is 7.57. The van der Waals surface area contributed by atoms with Gasteiger partial charge in [0.05, 0.1) is 24.0 Å². The smallest absolute Gasteiger partial charge is 0.270 e. The van der Waals surface area contributed by atoms with Gasteiger partial charge in [0.2, 0.25) is 0 Å². The molecule has 174 valence electrons. The molecule has 2 aromatic carbocycles. The maximum absolute atomic E-state index is 12.9. The van der Waals surface area contributed by atoms with Gasteiger partial charge in [0.15, 0.2) is 0 Å². The first-order chi connectivity index (χ1) is 15.6. The lowest BCUT2D eigenvalue weighted by Crippen LogP contribution is -2.50. The maximum atomic E-state index is 12.9. The van der Waals surface area contributed by atoms with Gasteiger partial charge in [-0.1, -0.05) is 26.0 Å². The molecule has 33 heavy (non-hydrogen) atoms. The number of aliphatic carboxylic acids is 1. The Morgan fingerprint density at radius 3 is 2.33 bits per heavy atom. The summed E-state index contributed by atoms with van der Waals surface area (Å²) in [4.78, 5) is 47.5. The number of nitrogens with zero attached hydrogens (tertiary/aromatic N) is 1. The molecule has 0 saturated heterocycles. The van der Waals surface area contributed by atoms with Crippen molar-refractivity contribution in [2.75, 3.05) is 7.11 Å². The van der Waals surface area contributed by atoms with Crippen LogP contribution in [0.5, 0.6) is 5.75 Å². The molecule has 0 unspecified atom stereocenters. The van der Waals surface area contributed by atoms with Crippen LogP contribution < -0.4 is 20.5 Å². The lowest BCUT2D eigenvalue weighted by Gasteiger charge is -2.22. The van der Waals surface area contributed by atoms with E-state index in [1.54, 1.807) is 26.0 Å². The third-order valence-corrected chi connectivity index (χ3v) is 4.53. The van der Waals surface area contributed by atoms with Gasteiger partial charge in [-0.2, -0.15) is 0 Å². The maximum Gasteiger partial charge on any atom is 0.270 e. The third-order valence-electron chi connectivity index (χ3n) is 4.53. The van der Waals surface area contributed by atoms with Crippen molar-refractivity contribution in [2.24, 2.45) is 5.92 Å². The fourth-order valence-electron chi connectivity index (χ4n) is 2.91. The molecule has 0 aliphatic carbocycles. The number of ether oxygens (including phenoxy) is 1. The monoisotopic (exact) mass is 454 g/mol. The molecule has 2 amide bonds. The normalized spacial score (nSPS) is 12.1. The number of nitro groups is 1. The van der Waals surface area contributed by atoms with Crippen LogP contribution in [-0.2, 0) is 9.59 Å². The Balaban J connectivity index is 2.38. The predicted octanol–water partition coefficient (Wildman–Crippen LogP) is 1.66. The van der Waals surface area contributed by atoms with Crippen molar-refractivity contribution in [3.8, 4) is 5.75 Å². The SMILES string of the molecule is COc1ccc(C(=O)N/C(=C\c2cccc([N+](=O)[O-])c2)C(=O)N[C@@H](CC(C)C)C(=O)[O-])cc1. The molecule has 10 heteroatoms. The molecule has 0 radical (unpaired) electrons. The second kappa shape index (κ2) is 11.4. The number of nitrogens with one attached hydrogen (secondary N) is 2. The minimum Gasteiger partial charge on any atom is -0.548 e. The van der Waals surface area contributed by atoms with E-state index in [9.17, 15) is 29.6 Å². The van der Waals surface area contributed by atoms with Gasteiger partial charge < -0.3 is 25.3 Å². The van der Waals surface area contributed by atoms with E-state index >= 15 is 0 Å².